The van der Waals surface area contributed by atoms with Gasteiger partial charge in [-0.05, 0) is 30.3 Å². The lowest BCUT2D eigenvalue weighted by molar-refractivity contribution is -0.115. The number of nitrogens with zero attached hydrogens (tertiary/aromatic N) is 3. The van der Waals surface area contributed by atoms with E-state index in [9.17, 15) is 4.79 Å². The minimum absolute atomic E-state index is 0.143. The van der Waals surface area contributed by atoms with Gasteiger partial charge >= 0.3 is 0 Å². The molecule has 0 aliphatic heterocycles. The van der Waals surface area contributed by atoms with Gasteiger partial charge < -0.3 is 9.84 Å². The largest absolute Gasteiger partial charge is 0.356 e. The van der Waals surface area contributed by atoms with E-state index in [2.05, 4.69) is 15.6 Å². The lowest BCUT2D eigenvalue weighted by Crippen LogP contribution is -2.16. The number of nitrogens with one attached hydrogen (secondary N) is 1. The molecule has 2 aromatic carbocycles. The van der Waals surface area contributed by atoms with E-state index >= 15 is 0 Å². The van der Waals surface area contributed by atoms with Gasteiger partial charge in [0.1, 0.15) is 5.69 Å². The normalized spacial score (nSPS) is 10.8. The summed E-state index contributed by atoms with van der Waals surface area (Å²) in [6, 6.07) is 16.8. The SMILES string of the molecule is O=C(Cc1noc2ccccc12)Nc1ccccc1-n1cccn1. The molecular weight excluding hydrogens is 304 g/mol. The van der Waals surface area contributed by atoms with Crippen LogP contribution in [0.5, 0.6) is 0 Å². The molecule has 4 aromatic rings. The molecular formula is C18H14N4O2. The fraction of sp³-hybridized carbons (Fsp3) is 0.0556. The van der Waals surface area contributed by atoms with Crippen LogP contribution in [0.25, 0.3) is 16.7 Å². The van der Waals surface area contributed by atoms with Gasteiger partial charge in [0.2, 0.25) is 5.91 Å². The first-order valence-corrected chi connectivity index (χ1v) is 7.53. The summed E-state index contributed by atoms with van der Waals surface area (Å²) in [5.74, 6) is -0.159. The number of anilines is 1. The van der Waals surface area contributed by atoms with Crippen molar-refractivity contribution >= 4 is 22.6 Å². The van der Waals surface area contributed by atoms with Crippen LogP contribution in [0.1, 0.15) is 5.69 Å². The second kappa shape index (κ2) is 6.00. The summed E-state index contributed by atoms with van der Waals surface area (Å²) in [5.41, 5.74) is 2.80. The molecule has 24 heavy (non-hydrogen) atoms. The van der Waals surface area contributed by atoms with Gasteiger partial charge in [0.15, 0.2) is 5.58 Å². The number of aromatic nitrogens is 3. The van der Waals surface area contributed by atoms with E-state index in [1.54, 1.807) is 10.9 Å². The fourth-order valence-corrected chi connectivity index (χ4v) is 2.60. The quantitative estimate of drug-likeness (QED) is 0.627. The van der Waals surface area contributed by atoms with E-state index < -0.39 is 0 Å². The van der Waals surface area contributed by atoms with Gasteiger partial charge in [-0.15, -0.1) is 0 Å². The number of hydrogen-bond donors (Lipinski definition) is 1. The number of carbonyl (C=O) groups is 1. The molecule has 1 amide bonds. The molecule has 0 atom stereocenters. The maximum absolute atomic E-state index is 12.4. The zero-order chi connectivity index (χ0) is 16.4. The van der Waals surface area contributed by atoms with Crippen molar-refractivity contribution in [2.45, 2.75) is 6.42 Å². The molecule has 0 fully saturated rings. The summed E-state index contributed by atoms with van der Waals surface area (Å²) in [6.45, 7) is 0. The maximum atomic E-state index is 12.4. The van der Waals surface area contributed by atoms with Gasteiger partial charge in [0.25, 0.3) is 0 Å². The van der Waals surface area contributed by atoms with E-state index in [4.69, 9.17) is 4.52 Å². The molecule has 0 bridgehead atoms. The molecule has 6 heteroatoms. The predicted octanol–water partition coefficient (Wildman–Crippen LogP) is 3.19. The molecule has 2 aromatic heterocycles. The average molecular weight is 318 g/mol. The van der Waals surface area contributed by atoms with Crippen molar-refractivity contribution in [2.24, 2.45) is 0 Å². The number of para-hydroxylation sites is 3. The Bertz CT molecular complexity index is 989. The van der Waals surface area contributed by atoms with E-state index in [0.29, 0.717) is 17.0 Å². The summed E-state index contributed by atoms with van der Waals surface area (Å²) in [6.07, 6.45) is 3.67. The highest BCUT2D eigenvalue weighted by atomic mass is 16.5. The molecule has 118 valence electrons. The molecule has 0 saturated carbocycles. The monoisotopic (exact) mass is 318 g/mol. The molecule has 0 saturated heterocycles. The van der Waals surface area contributed by atoms with Crippen molar-refractivity contribution in [2.75, 3.05) is 5.32 Å². The molecule has 4 rings (SSSR count). The van der Waals surface area contributed by atoms with Crippen molar-refractivity contribution < 1.29 is 9.32 Å². The molecule has 0 aliphatic rings. The van der Waals surface area contributed by atoms with E-state index in [1.165, 1.54) is 0 Å². The molecule has 0 aliphatic carbocycles. The number of carbonyl (C=O) groups excluding carboxylic acids is 1. The van der Waals surface area contributed by atoms with Crippen LogP contribution in [0.2, 0.25) is 0 Å². The summed E-state index contributed by atoms with van der Waals surface area (Å²) >= 11 is 0. The highest BCUT2D eigenvalue weighted by molar-refractivity contribution is 5.96. The molecule has 6 nitrogen and oxygen atoms in total. The van der Waals surface area contributed by atoms with E-state index in [-0.39, 0.29) is 12.3 Å². The smallest absolute Gasteiger partial charge is 0.230 e. The number of amides is 1. The van der Waals surface area contributed by atoms with Crippen molar-refractivity contribution in [3.8, 4) is 5.69 Å². The van der Waals surface area contributed by atoms with E-state index in [0.717, 1.165) is 11.1 Å². The molecule has 0 unspecified atom stereocenters. The topological polar surface area (TPSA) is 73.0 Å². The first kappa shape index (κ1) is 14.2. The number of benzene rings is 2. The zero-order valence-electron chi connectivity index (χ0n) is 12.7. The Hall–Kier alpha value is -3.41. The van der Waals surface area contributed by atoms with Gasteiger partial charge in [0, 0.05) is 17.8 Å². The Labute approximate surface area is 137 Å². The number of fused-ring (bicyclic) bond motifs is 1. The Balaban J connectivity index is 1.57. The first-order chi connectivity index (χ1) is 11.8. The molecule has 0 radical (unpaired) electrons. The van der Waals surface area contributed by atoms with Crippen molar-refractivity contribution in [1.82, 2.24) is 14.9 Å². The summed E-state index contributed by atoms with van der Waals surface area (Å²) < 4.78 is 6.95. The third-order valence-corrected chi connectivity index (χ3v) is 3.71. The Morgan fingerprint density at radius 2 is 1.92 bits per heavy atom. The van der Waals surface area contributed by atoms with Crippen LogP contribution in [0.15, 0.2) is 71.5 Å². The lowest BCUT2D eigenvalue weighted by atomic mass is 10.1. The van der Waals surface area contributed by atoms with Gasteiger partial charge in [-0.25, -0.2) is 4.68 Å². The van der Waals surface area contributed by atoms with E-state index in [1.807, 2.05) is 60.8 Å². The van der Waals surface area contributed by atoms with Crippen LogP contribution in [0, 0.1) is 0 Å². The van der Waals surface area contributed by atoms with Gasteiger partial charge in [-0.1, -0.05) is 29.4 Å². The minimum Gasteiger partial charge on any atom is -0.356 e. The molecule has 2 heterocycles. The fourth-order valence-electron chi connectivity index (χ4n) is 2.60. The maximum Gasteiger partial charge on any atom is 0.230 e. The Morgan fingerprint density at radius 3 is 2.79 bits per heavy atom. The van der Waals surface area contributed by atoms with Crippen molar-refractivity contribution in [3.63, 3.8) is 0 Å². The average Bonchev–Trinajstić information content (AvgIpc) is 3.26. The Morgan fingerprint density at radius 1 is 1.08 bits per heavy atom. The molecule has 1 N–H and O–H groups in total. The van der Waals surface area contributed by atoms with Crippen molar-refractivity contribution in [1.29, 1.82) is 0 Å². The van der Waals surface area contributed by atoms with Gasteiger partial charge in [-0.3, -0.25) is 4.79 Å². The summed E-state index contributed by atoms with van der Waals surface area (Å²) in [7, 11) is 0. The third kappa shape index (κ3) is 2.65. The second-order valence-corrected chi connectivity index (χ2v) is 5.32. The Kier molecular flexibility index (Phi) is 3.55. The standard InChI is InChI=1S/C18H14N4O2/c23-18(12-15-13-6-1-4-9-17(13)24-21-15)20-14-7-2-3-8-16(14)22-11-5-10-19-22/h1-11H,12H2,(H,20,23). The predicted molar refractivity (Wildman–Crippen MR) is 89.9 cm³/mol. The summed E-state index contributed by atoms with van der Waals surface area (Å²) in [4.78, 5) is 12.4. The minimum atomic E-state index is -0.159. The van der Waals surface area contributed by atoms with Crippen LogP contribution < -0.4 is 5.32 Å². The van der Waals surface area contributed by atoms with Crippen LogP contribution in [0.4, 0.5) is 5.69 Å². The summed E-state index contributed by atoms with van der Waals surface area (Å²) in [5, 5.41) is 12.0. The van der Waals surface area contributed by atoms with Gasteiger partial charge in [0.05, 0.1) is 17.8 Å². The second-order valence-electron chi connectivity index (χ2n) is 5.32. The number of rotatable bonds is 4. The van der Waals surface area contributed by atoms with Gasteiger partial charge in [-0.2, -0.15) is 5.10 Å². The number of hydrogen-bond acceptors (Lipinski definition) is 4. The highest BCUT2D eigenvalue weighted by Gasteiger charge is 2.13. The first-order valence-electron chi connectivity index (χ1n) is 7.53. The highest BCUT2D eigenvalue weighted by Crippen LogP contribution is 2.21. The lowest BCUT2D eigenvalue weighted by Gasteiger charge is -2.10. The van der Waals surface area contributed by atoms with Crippen LogP contribution in [0.3, 0.4) is 0 Å². The zero-order valence-corrected chi connectivity index (χ0v) is 12.7. The van der Waals surface area contributed by atoms with Crippen LogP contribution in [-0.4, -0.2) is 20.8 Å². The van der Waals surface area contributed by atoms with Crippen molar-refractivity contribution in [3.05, 3.63) is 72.7 Å². The molecule has 0 spiro atoms. The van der Waals surface area contributed by atoms with Crippen LogP contribution >= 0.6 is 0 Å². The van der Waals surface area contributed by atoms with Crippen LogP contribution in [-0.2, 0) is 11.2 Å². The third-order valence-electron chi connectivity index (χ3n) is 3.71.